The predicted molar refractivity (Wildman–Crippen MR) is 59.7 cm³/mol. The van der Waals surface area contributed by atoms with Gasteiger partial charge in [0, 0.05) is 19.4 Å². The van der Waals surface area contributed by atoms with Crippen LogP contribution < -0.4 is 0 Å². The second kappa shape index (κ2) is 6.16. The van der Waals surface area contributed by atoms with Gasteiger partial charge in [0.25, 0.3) is 0 Å². The average molecular weight is 223 g/mol. The molecule has 1 N–H and O–H groups in total. The summed E-state index contributed by atoms with van der Waals surface area (Å²) in [6.07, 6.45) is 9.01. The Hall–Kier alpha value is -1.50. The highest BCUT2D eigenvalue weighted by Crippen LogP contribution is 2.18. The van der Waals surface area contributed by atoms with Crippen molar-refractivity contribution in [1.82, 2.24) is 4.90 Å². The number of terminal acetylenes is 1. The summed E-state index contributed by atoms with van der Waals surface area (Å²) in [5.41, 5.74) is 0. The molecule has 1 unspecified atom stereocenters. The van der Waals surface area contributed by atoms with Gasteiger partial charge < -0.3 is 10.0 Å². The summed E-state index contributed by atoms with van der Waals surface area (Å²) in [6, 6.07) is -0.659. The summed E-state index contributed by atoms with van der Waals surface area (Å²) in [7, 11) is 0. The first-order valence-corrected chi connectivity index (χ1v) is 5.62. The van der Waals surface area contributed by atoms with Crippen LogP contribution in [0, 0.1) is 12.3 Å². The molecular formula is C12H17NO3. The minimum Gasteiger partial charge on any atom is -0.480 e. The van der Waals surface area contributed by atoms with Gasteiger partial charge in [-0.2, -0.15) is 0 Å². The molecule has 0 aromatic heterocycles. The van der Waals surface area contributed by atoms with Gasteiger partial charge >= 0.3 is 5.97 Å². The van der Waals surface area contributed by atoms with E-state index in [0.717, 1.165) is 19.3 Å². The number of hydrogen-bond acceptors (Lipinski definition) is 2. The number of amides is 1. The van der Waals surface area contributed by atoms with Gasteiger partial charge in [-0.1, -0.05) is 12.8 Å². The van der Waals surface area contributed by atoms with Crippen LogP contribution in [0.5, 0.6) is 0 Å². The molecule has 1 amide bonds. The molecule has 1 aliphatic heterocycles. The number of aliphatic carboxylic acids is 1. The molecule has 0 aliphatic carbocycles. The number of nitrogens with zero attached hydrogens (tertiary/aromatic N) is 1. The van der Waals surface area contributed by atoms with Crippen molar-refractivity contribution >= 4 is 11.9 Å². The van der Waals surface area contributed by atoms with Crippen LogP contribution in [0.25, 0.3) is 0 Å². The molecule has 4 nitrogen and oxygen atoms in total. The van der Waals surface area contributed by atoms with Crippen LogP contribution in [0.2, 0.25) is 0 Å². The van der Waals surface area contributed by atoms with Gasteiger partial charge in [-0.3, -0.25) is 4.79 Å². The highest BCUT2D eigenvalue weighted by Gasteiger charge is 2.29. The molecule has 1 rings (SSSR count). The Morgan fingerprint density at radius 2 is 2.12 bits per heavy atom. The highest BCUT2D eigenvalue weighted by molar-refractivity contribution is 5.83. The van der Waals surface area contributed by atoms with Crippen molar-refractivity contribution in [1.29, 1.82) is 0 Å². The molecular weight excluding hydrogens is 206 g/mol. The topological polar surface area (TPSA) is 57.6 Å². The number of carboxylic acid groups (broad SMARTS) is 1. The maximum absolute atomic E-state index is 11.8. The fraction of sp³-hybridized carbons (Fsp3) is 0.667. The van der Waals surface area contributed by atoms with E-state index in [0.29, 0.717) is 19.4 Å². The van der Waals surface area contributed by atoms with E-state index >= 15 is 0 Å². The van der Waals surface area contributed by atoms with E-state index in [4.69, 9.17) is 11.5 Å². The van der Waals surface area contributed by atoms with Crippen LogP contribution >= 0.6 is 0 Å². The molecule has 1 atom stereocenters. The van der Waals surface area contributed by atoms with Crippen LogP contribution in [0.15, 0.2) is 0 Å². The molecule has 1 aliphatic rings. The molecule has 1 saturated heterocycles. The van der Waals surface area contributed by atoms with Gasteiger partial charge in [0.15, 0.2) is 0 Å². The number of rotatable bonds is 3. The fourth-order valence-electron chi connectivity index (χ4n) is 1.99. The van der Waals surface area contributed by atoms with Crippen LogP contribution in [0.1, 0.15) is 38.5 Å². The number of likely N-dealkylation sites (tertiary alicyclic amines) is 1. The Bertz CT molecular complexity index is 306. The first-order chi connectivity index (χ1) is 7.66. The summed E-state index contributed by atoms with van der Waals surface area (Å²) in [6.45, 7) is 0.542. The predicted octanol–water partition coefficient (Wildman–Crippen LogP) is 1.26. The van der Waals surface area contributed by atoms with Crippen LogP contribution in [0.4, 0.5) is 0 Å². The minimum atomic E-state index is -0.907. The van der Waals surface area contributed by atoms with Gasteiger partial charge in [-0.15, -0.1) is 12.3 Å². The summed E-state index contributed by atoms with van der Waals surface area (Å²) in [5, 5.41) is 9.07. The normalized spacial score (nSPS) is 20.9. The number of carbonyl (C=O) groups excluding carboxylic acids is 1. The molecule has 1 fully saturated rings. The smallest absolute Gasteiger partial charge is 0.326 e. The average Bonchev–Trinajstić information content (AvgIpc) is 2.50. The lowest BCUT2D eigenvalue weighted by atomic mass is 10.1. The lowest BCUT2D eigenvalue weighted by Gasteiger charge is -2.26. The van der Waals surface area contributed by atoms with Crippen molar-refractivity contribution in [3.8, 4) is 12.3 Å². The second-order valence-electron chi connectivity index (χ2n) is 3.99. The zero-order valence-electron chi connectivity index (χ0n) is 9.32. The van der Waals surface area contributed by atoms with Gasteiger partial charge in [-0.05, 0) is 12.8 Å². The third-order valence-corrected chi connectivity index (χ3v) is 2.84. The largest absolute Gasteiger partial charge is 0.480 e. The number of carbonyl (C=O) groups is 2. The van der Waals surface area contributed by atoms with Crippen molar-refractivity contribution < 1.29 is 14.7 Å². The van der Waals surface area contributed by atoms with E-state index < -0.39 is 12.0 Å². The van der Waals surface area contributed by atoms with E-state index in [1.54, 1.807) is 0 Å². The summed E-state index contributed by atoms with van der Waals surface area (Å²) in [5.74, 6) is 1.36. The van der Waals surface area contributed by atoms with Gasteiger partial charge in [-0.25, -0.2) is 4.79 Å². The molecule has 0 spiro atoms. The maximum Gasteiger partial charge on any atom is 0.326 e. The lowest BCUT2D eigenvalue weighted by molar-refractivity contribution is -0.150. The van der Waals surface area contributed by atoms with Crippen molar-refractivity contribution in [3.63, 3.8) is 0 Å². The third kappa shape index (κ3) is 3.27. The second-order valence-corrected chi connectivity index (χ2v) is 3.99. The lowest BCUT2D eigenvalue weighted by Crippen LogP contribution is -2.44. The molecule has 1 heterocycles. The molecule has 0 aromatic rings. The SMILES string of the molecule is C#CCCC(=O)N1CCCCCC1C(=O)O. The Morgan fingerprint density at radius 3 is 2.75 bits per heavy atom. The van der Waals surface area contributed by atoms with E-state index in [1.165, 1.54) is 4.90 Å². The van der Waals surface area contributed by atoms with Crippen molar-refractivity contribution in [2.45, 2.75) is 44.6 Å². The van der Waals surface area contributed by atoms with Crippen LogP contribution in [-0.2, 0) is 9.59 Å². The zero-order chi connectivity index (χ0) is 12.0. The van der Waals surface area contributed by atoms with Gasteiger partial charge in [0.1, 0.15) is 6.04 Å². The van der Waals surface area contributed by atoms with E-state index in [-0.39, 0.29) is 12.3 Å². The molecule has 0 bridgehead atoms. The van der Waals surface area contributed by atoms with Crippen molar-refractivity contribution in [2.75, 3.05) is 6.54 Å². The zero-order valence-corrected chi connectivity index (χ0v) is 9.32. The molecule has 0 aromatic carbocycles. The van der Waals surface area contributed by atoms with Crippen LogP contribution in [0.3, 0.4) is 0 Å². The maximum atomic E-state index is 11.8. The molecule has 88 valence electrons. The summed E-state index contributed by atoms with van der Waals surface area (Å²) >= 11 is 0. The Kier molecular flexibility index (Phi) is 4.84. The van der Waals surface area contributed by atoms with E-state index in [2.05, 4.69) is 5.92 Å². The third-order valence-electron chi connectivity index (χ3n) is 2.84. The summed E-state index contributed by atoms with van der Waals surface area (Å²) in [4.78, 5) is 24.3. The summed E-state index contributed by atoms with van der Waals surface area (Å²) < 4.78 is 0. The van der Waals surface area contributed by atoms with Crippen molar-refractivity contribution in [2.24, 2.45) is 0 Å². The minimum absolute atomic E-state index is 0.132. The molecule has 0 saturated carbocycles. The van der Waals surface area contributed by atoms with Gasteiger partial charge in [0.2, 0.25) is 5.91 Å². The molecule has 0 radical (unpaired) electrons. The monoisotopic (exact) mass is 223 g/mol. The number of hydrogen-bond donors (Lipinski definition) is 1. The number of carboxylic acids is 1. The molecule has 4 heteroatoms. The first-order valence-electron chi connectivity index (χ1n) is 5.62. The molecule has 16 heavy (non-hydrogen) atoms. The first kappa shape index (κ1) is 12.6. The Labute approximate surface area is 95.6 Å². The van der Waals surface area contributed by atoms with Crippen LogP contribution in [-0.4, -0.2) is 34.5 Å². The fourth-order valence-corrected chi connectivity index (χ4v) is 1.99. The standard InChI is InChI=1S/C12H17NO3/c1-2-3-8-11(14)13-9-6-4-5-7-10(13)12(15)16/h1,10H,3-9H2,(H,15,16). The Morgan fingerprint density at radius 1 is 1.38 bits per heavy atom. The van der Waals surface area contributed by atoms with E-state index in [1.807, 2.05) is 0 Å². The Balaban J connectivity index is 2.67. The highest BCUT2D eigenvalue weighted by atomic mass is 16.4. The quantitative estimate of drug-likeness (QED) is 0.733. The van der Waals surface area contributed by atoms with Gasteiger partial charge in [0.05, 0.1) is 0 Å². The van der Waals surface area contributed by atoms with Crippen molar-refractivity contribution in [3.05, 3.63) is 0 Å². The van der Waals surface area contributed by atoms with E-state index in [9.17, 15) is 9.59 Å².